The first kappa shape index (κ1) is 22.5. The van der Waals surface area contributed by atoms with Gasteiger partial charge in [0.2, 0.25) is 5.76 Å². The molecule has 0 saturated heterocycles. The van der Waals surface area contributed by atoms with E-state index in [0.29, 0.717) is 5.02 Å². The van der Waals surface area contributed by atoms with Crippen LogP contribution >= 0.6 is 34.8 Å². The Morgan fingerprint density at radius 2 is 1.57 bits per heavy atom. The smallest absolute Gasteiger partial charge is 0.373 e. The summed E-state index contributed by atoms with van der Waals surface area (Å²) in [6.07, 6.45) is 0. The van der Waals surface area contributed by atoms with Gasteiger partial charge in [-0.1, -0.05) is 34.8 Å². The van der Waals surface area contributed by atoms with E-state index >= 15 is 0 Å². The summed E-state index contributed by atoms with van der Waals surface area (Å²) >= 11 is 17.3. The fourth-order valence-electron chi connectivity index (χ4n) is 0.871. The summed E-state index contributed by atoms with van der Waals surface area (Å²) in [6.45, 7) is 4.47. The summed E-state index contributed by atoms with van der Waals surface area (Å²) < 4.78 is 9.50. The second-order valence-electron chi connectivity index (χ2n) is 3.23. The minimum Gasteiger partial charge on any atom is -0.481 e. The van der Waals surface area contributed by atoms with Gasteiger partial charge in [-0.2, -0.15) is 0 Å². The van der Waals surface area contributed by atoms with E-state index in [4.69, 9.17) is 49.4 Å². The molecule has 0 radical (unpaired) electrons. The van der Waals surface area contributed by atoms with Gasteiger partial charge in [0.25, 0.3) is 5.97 Å². The van der Waals surface area contributed by atoms with Gasteiger partial charge in [-0.05, 0) is 12.6 Å². The summed E-state index contributed by atoms with van der Waals surface area (Å²) in [7, 11) is 1.22. The predicted molar refractivity (Wildman–Crippen MR) is 76.6 cm³/mol. The molecule has 0 aromatic heterocycles. The Hall–Kier alpha value is -0.807. The quantitative estimate of drug-likeness (QED) is 0.272. The molecular formula is C12H11Cl3O5Zn. The molecule has 1 N–H and O–H groups in total. The third kappa shape index (κ3) is 8.94. The van der Waals surface area contributed by atoms with Crippen LogP contribution < -0.4 is 4.74 Å². The van der Waals surface area contributed by atoms with E-state index in [1.165, 1.54) is 19.2 Å². The van der Waals surface area contributed by atoms with E-state index in [1.54, 1.807) is 0 Å². The number of methoxy groups -OCH3 is 1. The molecule has 1 aromatic rings. The van der Waals surface area contributed by atoms with Gasteiger partial charge < -0.3 is 14.6 Å². The fourth-order valence-corrected chi connectivity index (χ4v) is 1.45. The molecule has 1 aromatic carbocycles. The minimum absolute atomic E-state index is 0. The first-order chi connectivity index (χ1) is 9.18. The van der Waals surface area contributed by atoms with Crippen molar-refractivity contribution >= 4 is 46.7 Å². The third-order valence-electron chi connectivity index (χ3n) is 1.62. The van der Waals surface area contributed by atoms with Crippen molar-refractivity contribution in [1.82, 2.24) is 0 Å². The number of carboxylic acids is 1. The third-order valence-corrected chi connectivity index (χ3v) is 2.64. The van der Waals surface area contributed by atoms with Crippen molar-refractivity contribution in [2.75, 3.05) is 7.11 Å². The van der Waals surface area contributed by atoms with Crippen LogP contribution in [0.4, 0.5) is 0 Å². The van der Waals surface area contributed by atoms with Crippen LogP contribution in [-0.2, 0) is 33.8 Å². The number of esters is 1. The average molecular weight is 407 g/mol. The van der Waals surface area contributed by atoms with E-state index in [1.807, 2.05) is 0 Å². The number of aliphatic carboxylic acids is 1. The Kier molecular flexibility index (Phi) is 11.6. The number of hydrogen-bond acceptors (Lipinski definition) is 4. The molecule has 0 heterocycles. The monoisotopic (exact) mass is 404 g/mol. The molecule has 5 nitrogen and oxygen atoms in total. The van der Waals surface area contributed by atoms with Gasteiger partial charge in [-0.25, -0.2) is 4.79 Å². The number of carbonyl (C=O) groups excluding carboxylic acids is 1. The van der Waals surface area contributed by atoms with Crippen LogP contribution in [0.3, 0.4) is 0 Å². The van der Waals surface area contributed by atoms with E-state index in [2.05, 4.69) is 11.3 Å². The molecule has 0 unspecified atom stereocenters. The average Bonchev–Trinajstić information content (AvgIpc) is 2.34. The zero-order chi connectivity index (χ0) is 15.9. The van der Waals surface area contributed by atoms with Gasteiger partial charge in [0, 0.05) is 32.5 Å². The number of hydrogen-bond donors (Lipinski definition) is 1. The second kappa shape index (κ2) is 10.9. The van der Waals surface area contributed by atoms with Crippen molar-refractivity contribution in [2.24, 2.45) is 0 Å². The van der Waals surface area contributed by atoms with E-state index < -0.39 is 11.9 Å². The Labute approximate surface area is 149 Å². The van der Waals surface area contributed by atoms with Crippen molar-refractivity contribution < 1.29 is 43.6 Å². The van der Waals surface area contributed by atoms with Crippen LogP contribution in [0.2, 0.25) is 15.1 Å². The fraction of sp³-hybridized carbons (Fsp3) is 0.167. The molecule has 21 heavy (non-hydrogen) atoms. The van der Waals surface area contributed by atoms with E-state index in [-0.39, 0.29) is 41.0 Å². The van der Waals surface area contributed by atoms with Crippen molar-refractivity contribution in [3.63, 3.8) is 0 Å². The molecule has 0 spiro atoms. The largest absolute Gasteiger partial charge is 0.481 e. The minimum atomic E-state index is -0.833. The molecule has 0 aliphatic rings. The second-order valence-corrected chi connectivity index (χ2v) is 4.45. The molecule has 1 rings (SSSR count). The molecule has 0 aliphatic heterocycles. The molecule has 112 valence electrons. The number of halogens is 3. The van der Waals surface area contributed by atoms with Crippen molar-refractivity contribution in [2.45, 2.75) is 6.92 Å². The SMILES string of the molecule is C=C(Oc1cc(Cl)c(Cl)cc1Cl)C(=O)OC.CC(=O)O.[Zn]. The molecule has 0 aliphatic carbocycles. The van der Waals surface area contributed by atoms with Gasteiger partial charge in [0.1, 0.15) is 5.75 Å². The number of ether oxygens (including phenoxy) is 2. The summed E-state index contributed by atoms with van der Waals surface area (Å²) in [5, 5.41) is 8.20. The number of carbonyl (C=O) groups is 2. The van der Waals surface area contributed by atoms with Gasteiger partial charge in [0.15, 0.2) is 0 Å². The normalized spacial score (nSPS) is 8.62. The van der Waals surface area contributed by atoms with Crippen LogP contribution in [0.15, 0.2) is 24.5 Å². The summed E-state index contributed by atoms with van der Waals surface area (Å²) in [6, 6.07) is 2.80. The van der Waals surface area contributed by atoms with Gasteiger partial charge in [-0.3, -0.25) is 4.79 Å². The van der Waals surface area contributed by atoms with Crippen LogP contribution in [0.1, 0.15) is 6.92 Å². The number of rotatable bonds is 3. The van der Waals surface area contributed by atoms with Crippen LogP contribution in [0.5, 0.6) is 5.75 Å². The molecule has 0 fully saturated rings. The maximum absolute atomic E-state index is 11.0. The summed E-state index contributed by atoms with van der Waals surface area (Å²) in [4.78, 5) is 20.0. The van der Waals surface area contributed by atoms with Gasteiger partial charge >= 0.3 is 5.97 Å². The Morgan fingerprint density at radius 3 is 2.00 bits per heavy atom. The van der Waals surface area contributed by atoms with Crippen LogP contribution in [0.25, 0.3) is 0 Å². The van der Waals surface area contributed by atoms with Crippen molar-refractivity contribution in [3.05, 3.63) is 39.5 Å². The predicted octanol–water partition coefficient (Wildman–Crippen LogP) is 3.80. The van der Waals surface area contributed by atoms with Crippen LogP contribution in [0, 0.1) is 0 Å². The van der Waals surface area contributed by atoms with Gasteiger partial charge in [-0.15, -0.1) is 0 Å². The number of benzene rings is 1. The zero-order valence-corrected chi connectivity index (χ0v) is 16.5. The standard InChI is InChI=1S/C10H7Cl3O3.C2H4O2.Zn/c1-5(10(14)15-2)16-9-4-7(12)6(11)3-8(9)13;1-2(3)4;/h3-4H,1H2,2H3;1H3,(H,3,4);. The maximum atomic E-state index is 11.0. The number of carboxylic acid groups (broad SMARTS) is 1. The molecule has 9 heteroatoms. The Morgan fingerprint density at radius 1 is 1.14 bits per heavy atom. The zero-order valence-electron chi connectivity index (χ0n) is 11.3. The Balaban J connectivity index is 0. The summed E-state index contributed by atoms with van der Waals surface area (Å²) in [5.74, 6) is -1.53. The first-order valence-corrected chi connectivity index (χ1v) is 6.11. The van der Waals surface area contributed by atoms with Gasteiger partial charge in [0.05, 0.1) is 22.2 Å². The van der Waals surface area contributed by atoms with Crippen molar-refractivity contribution in [3.8, 4) is 5.75 Å². The first-order valence-electron chi connectivity index (χ1n) is 4.98. The van der Waals surface area contributed by atoms with Crippen LogP contribution in [-0.4, -0.2) is 24.2 Å². The molecule has 0 saturated carbocycles. The van der Waals surface area contributed by atoms with E-state index in [9.17, 15) is 4.79 Å². The molecular weight excluding hydrogens is 396 g/mol. The van der Waals surface area contributed by atoms with Crippen molar-refractivity contribution in [1.29, 1.82) is 0 Å². The maximum Gasteiger partial charge on any atom is 0.373 e. The Bertz CT molecular complexity index is 530. The summed E-state index contributed by atoms with van der Waals surface area (Å²) in [5.41, 5.74) is 0. The topological polar surface area (TPSA) is 72.8 Å². The van der Waals surface area contributed by atoms with E-state index in [0.717, 1.165) is 6.92 Å². The molecule has 0 bridgehead atoms. The molecule has 0 atom stereocenters. The molecule has 0 amide bonds.